The predicted molar refractivity (Wildman–Crippen MR) is 105 cm³/mol. The van der Waals surface area contributed by atoms with Crippen molar-refractivity contribution >= 4 is 23.2 Å². The van der Waals surface area contributed by atoms with Crippen LogP contribution in [-0.2, 0) is 0 Å². The van der Waals surface area contributed by atoms with Crippen molar-refractivity contribution in [1.29, 1.82) is 0 Å². The van der Waals surface area contributed by atoms with E-state index in [0.717, 1.165) is 38.1 Å². The number of benzene rings is 2. The summed E-state index contributed by atoms with van der Waals surface area (Å²) in [5, 5.41) is 11.1. The molecule has 2 amide bonds. The molecule has 0 radical (unpaired) electrons. The standard InChI is InChI=1S/C20H21FN4O4/c1-13-8-10-24(11-9-13)18-7-6-16(25(28)29)12-17(18)20(27)23-22-19(26)14-2-4-15(21)5-3-14/h2-7,12-13H,8-11H2,1H3,(H,22,26)(H,23,27). The van der Waals surface area contributed by atoms with Gasteiger partial charge in [-0.25, -0.2) is 4.39 Å². The van der Waals surface area contributed by atoms with Crippen LogP contribution in [0.1, 0.15) is 40.5 Å². The lowest BCUT2D eigenvalue weighted by Crippen LogP contribution is -2.42. The summed E-state index contributed by atoms with van der Waals surface area (Å²) in [5.41, 5.74) is 5.17. The van der Waals surface area contributed by atoms with Gasteiger partial charge in [0.05, 0.1) is 16.2 Å². The number of hydrogen-bond acceptors (Lipinski definition) is 5. The van der Waals surface area contributed by atoms with E-state index in [9.17, 15) is 24.1 Å². The molecule has 2 aromatic rings. The fourth-order valence-electron chi connectivity index (χ4n) is 3.20. The van der Waals surface area contributed by atoms with Gasteiger partial charge in [0.25, 0.3) is 17.5 Å². The van der Waals surface area contributed by atoms with Crippen molar-refractivity contribution in [3.63, 3.8) is 0 Å². The maximum absolute atomic E-state index is 13.0. The quantitative estimate of drug-likeness (QED) is 0.606. The lowest BCUT2D eigenvalue weighted by atomic mass is 9.98. The summed E-state index contributed by atoms with van der Waals surface area (Å²) in [7, 11) is 0. The van der Waals surface area contributed by atoms with Crippen LogP contribution in [0.3, 0.4) is 0 Å². The Morgan fingerprint density at radius 2 is 1.69 bits per heavy atom. The fraction of sp³-hybridized carbons (Fsp3) is 0.300. The third-order valence-electron chi connectivity index (χ3n) is 4.96. The predicted octanol–water partition coefficient (Wildman–Crippen LogP) is 3.05. The van der Waals surface area contributed by atoms with E-state index in [4.69, 9.17) is 0 Å². The van der Waals surface area contributed by atoms with Gasteiger partial charge in [-0.3, -0.25) is 30.6 Å². The molecule has 2 aromatic carbocycles. The van der Waals surface area contributed by atoms with Crippen LogP contribution >= 0.6 is 0 Å². The van der Waals surface area contributed by atoms with E-state index in [0.29, 0.717) is 11.6 Å². The van der Waals surface area contributed by atoms with Gasteiger partial charge in [0.15, 0.2) is 0 Å². The summed E-state index contributed by atoms with van der Waals surface area (Å²) in [6, 6.07) is 8.95. The van der Waals surface area contributed by atoms with Crippen molar-refractivity contribution in [2.75, 3.05) is 18.0 Å². The highest BCUT2D eigenvalue weighted by molar-refractivity contribution is 6.02. The Kier molecular flexibility index (Phi) is 6.06. The van der Waals surface area contributed by atoms with Crippen molar-refractivity contribution in [3.05, 3.63) is 69.5 Å². The number of hydrazine groups is 1. The highest BCUT2D eigenvalue weighted by Crippen LogP contribution is 2.29. The van der Waals surface area contributed by atoms with Crippen LogP contribution in [0, 0.1) is 21.8 Å². The molecule has 0 spiro atoms. The Hall–Kier alpha value is -3.49. The monoisotopic (exact) mass is 400 g/mol. The molecule has 0 aliphatic carbocycles. The molecule has 0 bridgehead atoms. The smallest absolute Gasteiger partial charge is 0.272 e. The van der Waals surface area contributed by atoms with Crippen molar-refractivity contribution in [2.24, 2.45) is 5.92 Å². The molecular weight excluding hydrogens is 379 g/mol. The molecule has 9 heteroatoms. The normalized spacial score (nSPS) is 14.3. The summed E-state index contributed by atoms with van der Waals surface area (Å²) in [4.78, 5) is 37.4. The van der Waals surface area contributed by atoms with Gasteiger partial charge in [0.2, 0.25) is 0 Å². The zero-order chi connectivity index (χ0) is 21.0. The van der Waals surface area contributed by atoms with Crippen LogP contribution in [0.25, 0.3) is 0 Å². The number of piperidine rings is 1. The molecule has 0 atom stereocenters. The molecule has 152 valence electrons. The SMILES string of the molecule is CC1CCN(c2ccc([N+](=O)[O-])cc2C(=O)NNC(=O)c2ccc(F)cc2)CC1. The average Bonchev–Trinajstić information content (AvgIpc) is 2.72. The fourth-order valence-corrected chi connectivity index (χ4v) is 3.20. The summed E-state index contributed by atoms with van der Waals surface area (Å²) in [6.45, 7) is 3.63. The summed E-state index contributed by atoms with van der Waals surface area (Å²) < 4.78 is 13.0. The van der Waals surface area contributed by atoms with Crippen LogP contribution in [0.2, 0.25) is 0 Å². The first-order chi connectivity index (χ1) is 13.8. The molecular formula is C20H21FN4O4. The average molecular weight is 400 g/mol. The zero-order valence-electron chi connectivity index (χ0n) is 15.9. The Morgan fingerprint density at radius 1 is 1.07 bits per heavy atom. The number of hydrogen-bond donors (Lipinski definition) is 2. The molecule has 8 nitrogen and oxygen atoms in total. The van der Waals surface area contributed by atoms with E-state index in [1.165, 1.54) is 24.3 Å². The molecule has 0 saturated carbocycles. The number of amides is 2. The van der Waals surface area contributed by atoms with Crippen LogP contribution in [-0.4, -0.2) is 29.8 Å². The number of carbonyl (C=O) groups excluding carboxylic acids is 2. The highest BCUT2D eigenvalue weighted by Gasteiger charge is 2.24. The maximum Gasteiger partial charge on any atom is 0.272 e. The topological polar surface area (TPSA) is 105 Å². The zero-order valence-corrected chi connectivity index (χ0v) is 15.9. The van der Waals surface area contributed by atoms with E-state index < -0.39 is 22.6 Å². The molecule has 1 fully saturated rings. The molecule has 3 rings (SSSR count). The third-order valence-corrected chi connectivity index (χ3v) is 4.96. The highest BCUT2D eigenvalue weighted by atomic mass is 19.1. The lowest BCUT2D eigenvalue weighted by Gasteiger charge is -2.33. The molecule has 1 aliphatic rings. The van der Waals surface area contributed by atoms with Gasteiger partial charge in [-0.2, -0.15) is 0 Å². The third kappa shape index (κ3) is 4.87. The van der Waals surface area contributed by atoms with E-state index in [1.807, 2.05) is 4.90 Å². The number of halogens is 1. The van der Waals surface area contributed by atoms with Gasteiger partial charge in [0.1, 0.15) is 5.82 Å². The maximum atomic E-state index is 13.0. The minimum atomic E-state index is -0.669. The van der Waals surface area contributed by atoms with Gasteiger partial charge >= 0.3 is 0 Å². The van der Waals surface area contributed by atoms with E-state index >= 15 is 0 Å². The first-order valence-electron chi connectivity index (χ1n) is 9.25. The number of nitrogens with zero attached hydrogens (tertiary/aromatic N) is 2. The van der Waals surface area contributed by atoms with Crippen LogP contribution in [0.15, 0.2) is 42.5 Å². The van der Waals surface area contributed by atoms with Gasteiger partial charge in [-0.1, -0.05) is 6.92 Å². The van der Waals surface area contributed by atoms with Crippen molar-refractivity contribution in [2.45, 2.75) is 19.8 Å². The second-order valence-corrected chi connectivity index (χ2v) is 7.04. The summed E-state index contributed by atoms with van der Waals surface area (Å²) in [6.07, 6.45) is 1.92. The van der Waals surface area contributed by atoms with E-state index in [-0.39, 0.29) is 16.8 Å². The number of nitrogens with one attached hydrogen (secondary N) is 2. The van der Waals surface area contributed by atoms with Crippen molar-refractivity contribution in [1.82, 2.24) is 10.9 Å². The molecule has 2 N–H and O–H groups in total. The van der Waals surface area contributed by atoms with E-state index in [2.05, 4.69) is 17.8 Å². The van der Waals surface area contributed by atoms with Crippen LogP contribution in [0.4, 0.5) is 15.8 Å². The van der Waals surface area contributed by atoms with Gasteiger partial charge in [0, 0.05) is 30.8 Å². The minimum Gasteiger partial charge on any atom is -0.371 e. The van der Waals surface area contributed by atoms with Gasteiger partial charge in [-0.15, -0.1) is 0 Å². The van der Waals surface area contributed by atoms with Gasteiger partial charge in [-0.05, 0) is 49.1 Å². The first-order valence-corrected chi connectivity index (χ1v) is 9.25. The van der Waals surface area contributed by atoms with Crippen LogP contribution < -0.4 is 15.8 Å². The number of anilines is 1. The molecule has 0 unspecified atom stereocenters. The van der Waals surface area contributed by atoms with E-state index in [1.54, 1.807) is 6.07 Å². The number of non-ortho nitro benzene ring substituents is 1. The minimum absolute atomic E-state index is 0.105. The molecule has 1 saturated heterocycles. The number of rotatable bonds is 4. The van der Waals surface area contributed by atoms with Gasteiger partial charge < -0.3 is 4.90 Å². The Balaban J connectivity index is 1.78. The molecule has 1 heterocycles. The first kappa shape index (κ1) is 20.2. The lowest BCUT2D eigenvalue weighted by molar-refractivity contribution is -0.384. The Bertz CT molecular complexity index is 925. The second kappa shape index (κ2) is 8.68. The Morgan fingerprint density at radius 3 is 2.31 bits per heavy atom. The number of nitro groups is 1. The van der Waals surface area contributed by atoms with Crippen LogP contribution in [0.5, 0.6) is 0 Å². The molecule has 29 heavy (non-hydrogen) atoms. The van der Waals surface area contributed by atoms with Crippen molar-refractivity contribution < 1.29 is 18.9 Å². The second-order valence-electron chi connectivity index (χ2n) is 7.04. The Labute approximate surface area is 166 Å². The summed E-state index contributed by atoms with van der Waals surface area (Å²) in [5.74, 6) is -1.20. The number of carbonyl (C=O) groups is 2. The molecule has 0 aromatic heterocycles. The summed E-state index contributed by atoms with van der Waals surface area (Å²) >= 11 is 0. The number of nitro benzene ring substituents is 1. The largest absolute Gasteiger partial charge is 0.371 e. The van der Waals surface area contributed by atoms with Crippen molar-refractivity contribution in [3.8, 4) is 0 Å². The molecule has 1 aliphatic heterocycles.